The maximum absolute atomic E-state index is 13.1. The third-order valence-electron chi connectivity index (χ3n) is 4.84. The van der Waals surface area contributed by atoms with Crippen LogP contribution in [-0.2, 0) is 6.42 Å². The van der Waals surface area contributed by atoms with Crippen LogP contribution in [0.5, 0.6) is 23.0 Å². The van der Waals surface area contributed by atoms with Crippen LogP contribution in [0.4, 0.5) is 0 Å². The van der Waals surface area contributed by atoms with Crippen molar-refractivity contribution < 1.29 is 28.5 Å². The molecule has 158 valence electrons. The first kappa shape index (κ1) is 21.3. The van der Waals surface area contributed by atoms with Crippen LogP contribution in [0.15, 0.2) is 47.4 Å². The van der Waals surface area contributed by atoms with Crippen LogP contribution < -0.4 is 14.2 Å². The number of hydrogen-bond acceptors (Lipinski definition) is 6. The highest BCUT2D eigenvalue weighted by molar-refractivity contribution is 6.05. The van der Waals surface area contributed by atoms with Gasteiger partial charge >= 0.3 is 0 Å². The van der Waals surface area contributed by atoms with E-state index in [1.54, 1.807) is 36.4 Å². The molecule has 0 aliphatic carbocycles. The van der Waals surface area contributed by atoms with E-state index in [-0.39, 0.29) is 36.0 Å². The second kappa shape index (κ2) is 8.95. The van der Waals surface area contributed by atoms with E-state index in [9.17, 15) is 9.90 Å². The number of phenolic OH excluding ortho intramolecular Hbond substituents is 1. The highest BCUT2D eigenvalue weighted by Gasteiger charge is 2.21. The zero-order valence-corrected chi connectivity index (χ0v) is 17.7. The highest BCUT2D eigenvalue weighted by Crippen LogP contribution is 2.37. The van der Waals surface area contributed by atoms with Gasteiger partial charge in [-0.15, -0.1) is 0 Å². The number of furan rings is 1. The number of Topliss-reactive ketones (excluding diaryl/α,β-unsaturated/α-hetero) is 1. The normalized spacial score (nSPS) is 11.0. The van der Waals surface area contributed by atoms with Gasteiger partial charge in [0.05, 0.1) is 25.2 Å². The van der Waals surface area contributed by atoms with Gasteiger partial charge in [-0.25, -0.2) is 0 Å². The van der Waals surface area contributed by atoms with Gasteiger partial charge in [-0.3, -0.25) is 4.79 Å². The molecule has 6 heteroatoms. The SMILES string of the molecule is C=CCOc1cc(OC)c(OC)cc1CC(=O)c1ccc2oc(C(C)C)cc2c1O. The first-order chi connectivity index (χ1) is 14.4. The lowest BCUT2D eigenvalue weighted by atomic mass is 9.99. The maximum atomic E-state index is 13.1. The van der Waals surface area contributed by atoms with Crippen LogP contribution in [0.1, 0.15) is 41.4 Å². The Morgan fingerprint density at radius 1 is 1.13 bits per heavy atom. The Labute approximate surface area is 175 Å². The predicted octanol–water partition coefficient (Wildman–Crippen LogP) is 5.27. The summed E-state index contributed by atoms with van der Waals surface area (Å²) in [6.45, 7) is 7.94. The van der Waals surface area contributed by atoms with E-state index >= 15 is 0 Å². The number of ketones is 1. The highest BCUT2D eigenvalue weighted by atomic mass is 16.5. The fourth-order valence-corrected chi connectivity index (χ4v) is 3.22. The van der Waals surface area contributed by atoms with Crippen LogP contribution in [0.3, 0.4) is 0 Å². The zero-order valence-electron chi connectivity index (χ0n) is 17.7. The fraction of sp³-hybridized carbons (Fsp3) is 0.292. The molecule has 0 unspecified atom stereocenters. The molecule has 0 atom stereocenters. The van der Waals surface area contributed by atoms with Crippen molar-refractivity contribution in [3.63, 3.8) is 0 Å². The van der Waals surface area contributed by atoms with Crippen molar-refractivity contribution in [2.24, 2.45) is 0 Å². The Morgan fingerprint density at radius 3 is 2.47 bits per heavy atom. The minimum atomic E-state index is -0.252. The van der Waals surface area contributed by atoms with Crippen LogP contribution in [0.25, 0.3) is 11.0 Å². The van der Waals surface area contributed by atoms with Gasteiger partial charge in [0.2, 0.25) is 0 Å². The van der Waals surface area contributed by atoms with Crippen molar-refractivity contribution in [3.05, 3.63) is 59.9 Å². The second-order valence-corrected chi connectivity index (χ2v) is 7.19. The lowest BCUT2D eigenvalue weighted by Crippen LogP contribution is -2.07. The van der Waals surface area contributed by atoms with Gasteiger partial charge in [-0.1, -0.05) is 26.5 Å². The summed E-state index contributed by atoms with van der Waals surface area (Å²) in [5, 5.41) is 11.2. The fourth-order valence-electron chi connectivity index (χ4n) is 3.22. The Bertz CT molecular complexity index is 1080. The average Bonchev–Trinajstić information content (AvgIpc) is 3.18. The first-order valence-corrected chi connectivity index (χ1v) is 9.66. The minimum absolute atomic E-state index is 0.0147. The van der Waals surface area contributed by atoms with E-state index < -0.39 is 0 Å². The van der Waals surface area contributed by atoms with Gasteiger partial charge in [0.15, 0.2) is 17.3 Å². The summed E-state index contributed by atoms with van der Waals surface area (Å²) in [7, 11) is 3.06. The van der Waals surface area contributed by atoms with Crippen molar-refractivity contribution in [1.29, 1.82) is 0 Å². The molecule has 3 rings (SSSR count). The van der Waals surface area contributed by atoms with E-state index in [0.29, 0.717) is 33.8 Å². The van der Waals surface area contributed by atoms with E-state index in [2.05, 4.69) is 6.58 Å². The average molecular weight is 410 g/mol. The molecule has 0 aliphatic heterocycles. The number of methoxy groups -OCH3 is 2. The largest absolute Gasteiger partial charge is 0.506 e. The Kier molecular flexibility index (Phi) is 6.35. The Morgan fingerprint density at radius 2 is 1.83 bits per heavy atom. The Hall–Kier alpha value is -3.41. The summed E-state index contributed by atoms with van der Waals surface area (Å²) in [5.41, 5.74) is 1.39. The van der Waals surface area contributed by atoms with Crippen molar-refractivity contribution in [3.8, 4) is 23.0 Å². The van der Waals surface area contributed by atoms with Crippen LogP contribution in [-0.4, -0.2) is 31.7 Å². The van der Waals surface area contributed by atoms with E-state index in [0.717, 1.165) is 5.76 Å². The number of aromatic hydroxyl groups is 1. The molecule has 1 N–H and O–H groups in total. The molecule has 1 aromatic heterocycles. The molecular weight excluding hydrogens is 384 g/mol. The second-order valence-electron chi connectivity index (χ2n) is 7.19. The van der Waals surface area contributed by atoms with Crippen molar-refractivity contribution >= 4 is 16.8 Å². The van der Waals surface area contributed by atoms with Crippen molar-refractivity contribution in [2.75, 3.05) is 20.8 Å². The van der Waals surface area contributed by atoms with Gasteiger partial charge in [0.25, 0.3) is 0 Å². The van der Waals surface area contributed by atoms with E-state index in [1.165, 1.54) is 14.2 Å². The molecule has 0 amide bonds. The minimum Gasteiger partial charge on any atom is -0.506 e. The van der Waals surface area contributed by atoms with Gasteiger partial charge in [0.1, 0.15) is 29.4 Å². The molecule has 0 saturated carbocycles. The number of ether oxygens (including phenoxy) is 3. The molecule has 2 aromatic carbocycles. The van der Waals surface area contributed by atoms with Gasteiger partial charge in [0, 0.05) is 24.0 Å². The van der Waals surface area contributed by atoms with Crippen molar-refractivity contribution in [2.45, 2.75) is 26.2 Å². The molecule has 6 nitrogen and oxygen atoms in total. The number of fused-ring (bicyclic) bond motifs is 1. The summed E-state index contributed by atoms with van der Waals surface area (Å²) in [6, 6.07) is 8.45. The molecule has 1 heterocycles. The summed E-state index contributed by atoms with van der Waals surface area (Å²) in [5.74, 6) is 2.07. The first-order valence-electron chi connectivity index (χ1n) is 9.66. The zero-order chi connectivity index (χ0) is 21.8. The molecule has 0 bridgehead atoms. The maximum Gasteiger partial charge on any atom is 0.171 e. The van der Waals surface area contributed by atoms with Crippen LogP contribution >= 0.6 is 0 Å². The summed E-state index contributed by atoms with van der Waals surface area (Å²) in [4.78, 5) is 13.1. The number of phenols is 1. The third-order valence-corrected chi connectivity index (χ3v) is 4.84. The van der Waals surface area contributed by atoms with Crippen LogP contribution in [0, 0.1) is 0 Å². The number of rotatable bonds is 9. The lowest BCUT2D eigenvalue weighted by molar-refractivity contribution is 0.0989. The predicted molar refractivity (Wildman–Crippen MR) is 115 cm³/mol. The molecule has 0 spiro atoms. The van der Waals surface area contributed by atoms with Crippen LogP contribution in [0.2, 0.25) is 0 Å². The molecular formula is C24H26O6. The quantitative estimate of drug-likeness (QED) is 0.382. The van der Waals surface area contributed by atoms with E-state index in [4.69, 9.17) is 18.6 Å². The van der Waals surface area contributed by atoms with Gasteiger partial charge in [-0.05, 0) is 24.3 Å². The molecule has 3 aromatic rings. The number of carbonyl (C=O) groups is 1. The molecule has 0 aliphatic rings. The van der Waals surface area contributed by atoms with Gasteiger partial charge in [-0.2, -0.15) is 0 Å². The summed E-state index contributed by atoms with van der Waals surface area (Å²) < 4.78 is 22.1. The number of benzene rings is 2. The van der Waals surface area contributed by atoms with Gasteiger partial charge < -0.3 is 23.7 Å². The Balaban J connectivity index is 1.98. The smallest absolute Gasteiger partial charge is 0.171 e. The third kappa shape index (κ3) is 4.13. The number of carbonyl (C=O) groups excluding carboxylic acids is 1. The summed E-state index contributed by atoms with van der Waals surface area (Å²) >= 11 is 0. The molecule has 0 fully saturated rings. The molecule has 30 heavy (non-hydrogen) atoms. The number of hydrogen-bond donors (Lipinski definition) is 1. The molecule has 0 saturated heterocycles. The summed E-state index contributed by atoms with van der Waals surface area (Å²) in [6.07, 6.45) is 1.63. The lowest BCUT2D eigenvalue weighted by Gasteiger charge is -2.15. The molecule has 0 radical (unpaired) electrons. The van der Waals surface area contributed by atoms with Crippen molar-refractivity contribution in [1.82, 2.24) is 0 Å². The monoisotopic (exact) mass is 410 g/mol. The standard InChI is InChI=1S/C24H26O6/c1-6-9-29-21-13-23(28-5)22(27-4)11-15(21)10-18(25)16-7-8-19-17(24(16)26)12-20(30-19)14(2)3/h6-8,11-14,26H,1,9-10H2,2-5H3. The van der Waals surface area contributed by atoms with E-state index in [1.807, 2.05) is 13.8 Å². The topological polar surface area (TPSA) is 78.1 Å².